The molecule has 2 aliphatic carbocycles. The standard InChI is InChI=1S/C45H43N5O11S2/c1-24(2)40(50-45(55)61-23-34-30-15-6-4-13-28(30)29-14-5-7-16-31(29)34)44(54)48-25(3)43(53)47-19-20-62(56,57)27-12-10-11-26(21-27)49-35-22-36(63(58,59)60)39(46)38-37(35)41(51)32-17-8-9-18-33(32)42(38)52/h4-18,21-22,24-25,34,40,49H,19-20,23,46H2,1-3H3,(H,47,53)(H,48,54)(H,50,55)(H,58,59,60). The van der Waals surface area contributed by atoms with Crippen LogP contribution in [-0.4, -0.2) is 81.9 Å². The first-order valence-electron chi connectivity index (χ1n) is 19.8. The fourth-order valence-electron chi connectivity index (χ4n) is 7.78. The Kier molecular flexibility index (Phi) is 12.2. The maximum Gasteiger partial charge on any atom is 0.407 e. The molecule has 5 aromatic rings. The van der Waals surface area contributed by atoms with Crippen molar-refractivity contribution in [2.75, 3.05) is 30.0 Å². The van der Waals surface area contributed by atoms with Gasteiger partial charge >= 0.3 is 6.09 Å². The van der Waals surface area contributed by atoms with E-state index in [1.807, 2.05) is 48.5 Å². The Morgan fingerprint density at radius 1 is 0.730 bits per heavy atom. The fraction of sp³-hybridized carbons (Fsp3) is 0.222. The molecule has 326 valence electrons. The van der Waals surface area contributed by atoms with Gasteiger partial charge < -0.3 is 31.7 Å². The van der Waals surface area contributed by atoms with E-state index in [0.717, 1.165) is 28.3 Å². The first-order valence-corrected chi connectivity index (χ1v) is 22.9. The maximum atomic E-state index is 13.7. The van der Waals surface area contributed by atoms with Gasteiger partial charge in [0.05, 0.1) is 33.2 Å². The molecule has 2 aliphatic rings. The van der Waals surface area contributed by atoms with E-state index in [1.54, 1.807) is 19.9 Å². The third-order valence-corrected chi connectivity index (χ3v) is 13.5. The minimum atomic E-state index is -5.00. The van der Waals surface area contributed by atoms with Crippen LogP contribution in [0.5, 0.6) is 0 Å². The Labute approximate surface area is 363 Å². The minimum Gasteiger partial charge on any atom is -0.449 e. The molecule has 0 bridgehead atoms. The van der Waals surface area contributed by atoms with Crippen LogP contribution in [0.15, 0.2) is 113 Å². The van der Waals surface area contributed by atoms with Gasteiger partial charge in [-0.1, -0.05) is 92.7 Å². The van der Waals surface area contributed by atoms with E-state index in [2.05, 4.69) is 21.3 Å². The molecule has 16 nitrogen and oxygen atoms in total. The fourth-order valence-corrected chi connectivity index (χ4v) is 9.62. The van der Waals surface area contributed by atoms with Crippen molar-refractivity contribution >= 4 is 66.5 Å². The number of carbonyl (C=O) groups excluding carboxylic acids is 5. The molecular weight excluding hydrogens is 851 g/mol. The van der Waals surface area contributed by atoms with Crippen molar-refractivity contribution in [3.63, 3.8) is 0 Å². The highest BCUT2D eigenvalue weighted by molar-refractivity contribution is 7.91. The number of benzene rings is 5. The first-order chi connectivity index (χ1) is 29.9. The van der Waals surface area contributed by atoms with Crippen LogP contribution in [0.4, 0.5) is 21.9 Å². The van der Waals surface area contributed by atoms with Gasteiger partial charge in [0.15, 0.2) is 21.4 Å². The number of alkyl carbamates (subject to hydrolysis) is 1. The van der Waals surface area contributed by atoms with Gasteiger partial charge in [-0.2, -0.15) is 8.42 Å². The number of nitrogen functional groups attached to an aromatic ring is 1. The molecule has 2 unspecified atom stereocenters. The number of hydrogen-bond donors (Lipinski definition) is 6. The minimum absolute atomic E-state index is 0.0139. The summed E-state index contributed by atoms with van der Waals surface area (Å²) in [7, 11) is -9.10. The third kappa shape index (κ3) is 8.91. The van der Waals surface area contributed by atoms with E-state index in [4.69, 9.17) is 10.5 Å². The lowest BCUT2D eigenvalue weighted by Gasteiger charge is -2.24. The van der Waals surface area contributed by atoms with Crippen LogP contribution in [-0.2, 0) is 34.3 Å². The average Bonchev–Trinajstić information content (AvgIpc) is 3.57. The van der Waals surface area contributed by atoms with Crippen molar-refractivity contribution in [2.45, 2.75) is 48.6 Å². The number of sulfone groups is 1. The predicted octanol–water partition coefficient (Wildman–Crippen LogP) is 4.99. The van der Waals surface area contributed by atoms with Gasteiger partial charge in [-0.05, 0) is 59.4 Å². The summed E-state index contributed by atoms with van der Waals surface area (Å²) in [5.41, 5.74) is 8.77. The van der Waals surface area contributed by atoms with Gasteiger partial charge in [0, 0.05) is 29.3 Å². The van der Waals surface area contributed by atoms with E-state index < -0.39 is 89.3 Å². The molecule has 2 atom stereocenters. The number of nitrogens with one attached hydrogen (secondary N) is 4. The third-order valence-electron chi connectivity index (χ3n) is 10.9. The largest absolute Gasteiger partial charge is 0.449 e. The number of ketones is 2. The van der Waals surface area contributed by atoms with Gasteiger partial charge in [0.2, 0.25) is 11.8 Å². The molecule has 7 N–H and O–H groups in total. The monoisotopic (exact) mass is 893 g/mol. The van der Waals surface area contributed by atoms with Crippen molar-refractivity contribution in [2.24, 2.45) is 5.92 Å². The van der Waals surface area contributed by atoms with E-state index in [-0.39, 0.29) is 52.0 Å². The number of fused-ring (bicyclic) bond motifs is 5. The zero-order chi connectivity index (χ0) is 45.4. The lowest BCUT2D eigenvalue weighted by atomic mass is 9.82. The molecule has 0 aromatic heterocycles. The quantitative estimate of drug-likeness (QED) is 0.0623. The zero-order valence-electron chi connectivity index (χ0n) is 34.2. The van der Waals surface area contributed by atoms with Gasteiger partial charge in [-0.15, -0.1) is 0 Å². The highest BCUT2D eigenvalue weighted by Crippen LogP contribution is 2.45. The summed E-state index contributed by atoms with van der Waals surface area (Å²) in [5, 5.41) is 10.5. The second-order valence-corrected chi connectivity index (χ2v) is 18.9. The molecular formula is C45H43N5O11S2. The van der Waals surface area contributed by atoms with E-state index in [1.165, 1.54) is 49.4 Å². The number of ether oxygens (including phenoxy) is 1. The highest BCUT2D eigenvalue weighted by atomic mass is 32.2. The summed E-state index contributed by atoms with van der Waals surface area (Å²) in [5.74, 6) is -3.91. The van der Waals surface area contributed by atoms with Crippen LogP contribution in [0.3, 0.4) is 0 Å². The number of anilines is 3. The molecule has 0 saturated carbocycles. The smallest absolute Gasteiger partial charge is 0.407 e. The summed E-state index contributed by atoms with van der Waals surface area (Å²) in [6, 6.07) is 25.6. The summed E-state index contributed by atoms with van der Waals surface area (Å²) in [6.07, 6.45) is -0.808. The van der Waals surface area contributed by atoms with Crippen molar-refractivity contribution in [1.82, 2.24) is 16.0 Å². The van der Waals surface area contributed by atoms with Gasteiger partial charge in [0.1, 0.15) is 23.6 Å². The average molecular weight is 894 g/mol. The topological polar surface area (TPSA) is 257 Å². The van der Waals surface area contributed by atoms with Gasteiger partial charge in [-0.3, -0.25) is 23.7 Å². The van der Waals surface area contributed by atoms with Crippen LogP contribution in [0.2, 0.25) is 0 Å². The van der Waals surface area contributed by atoms with E-state index in [9.17, 15) is 45.4 Å². The second-order valence-electron chi connectivity index (χ2n) is 15.4. The van der Waals surface area contributed by atoms with Crippen molar-refractivity contribution in [1.29, 1.82) is 0 Å². The van der Waals surface area contributed by atoms with Crippen LogP contribution >= 0.6 is 0 Å². The van der Waals surface area contributed by atoms with Crippen molar-refractivity contribution in [3.05, 3.63) is 137 Å². The van der Waals surface area contributed by atoms with Crippen molar-refractivity contribution < 1.29 is 50.1 Å². The van der Waals surface area contributed by atoms with Crippen LogP contribution in [0, 0.1) is 5.92 Å². The van der Waals surface area contributed by atoms with Crippen LogP contribution in [0.25, 0.3) is 11.1 Å². The summed E-state index contributed by atoms with van der Waals surface area (Å²) < 4.78 is 67.1. The SMILES string of the molecule is CC(NC(=O)C(NC(=O)OCC1c2ccccc2-c2ccccc21)C(C)C)C(=O)NCCS(=O)(=O)c1cccc(Nc2cc(S(=O)(=O)O)c(N)c3c2C(=O)c2ccccc2C3=O)c1. The molecule has 5 aromatic carbocycles. The zero-order valence-corrected chi connectivity index (χ0v) is 35.8. The van der Waals surface area contributed by atoms with Gasteiger partial charge in [0.25, 0.3) is 10.1 Å². The highest BCUT2D eigenvalue weighted by Gasteiger charge is 2.37. The number of amides is 3. The Hall–Kier alpha value is -6.89. The first kappa shape index (κ1) is 44.2. The lowest BCUT2D eigenvalue weighted by Crippen LogP contribution is -2.54. The molecule has 0 fully saturated rings. The molecule has 0 saturated heterocycles. The Bertz CT molecular complexity index is 2890. The molecule has 0 radical (unpaired) electrons. The Morgan fingerprint density at radius 2 is 1.30 bits per heavy atom. The summed E-state index contributed by atoms with van der Waals surface area (Å²) >= 11 is 0. The van der Waals surface area contributed by atoms with E-state index >= 15 is 0 Å². The second kappa shape index (κ2) is 17.5. The lowest BCUT2D eigenvalue weighted by molar-refractivity contribution is -0.130. The molecule has 3 amide bonds. The molecule has 63 heavy (non-hydrogen) atoms. The van der Waals surface area contributed by atoms with Gasteiger partial charge in [-0.25, -0.2) is 13.2 Å². The number of carbonyl (C=O) groups is 5. The molecule has 0 heterocycles. The predicted molar refractivity (Wildman–Crippen MR) is 233 cm³/mol. The van der Waals surface area contributed by atoms with Crippen molar-refractivity contribution in [3.8, 4) is 11.1 Å². The summed E-state index contributed by atoms with van der Waals surface area (Å²) in [4.78, 5) is 65.5. The Morgan fingerprint density at radius 3 is 1.89 bits per heavy atom. The van der Waals surface area contributed by atoms with Crippen LogP contribution in [0.1, 0.15) is 69.7 Å². The number of hydrogen-bond acceptors (Lipinski definition) is 12. The molecule has 7 rings (SSSR count). The molecule has 0 spiro atoms. The normalized spacial score (nSPS) is 14.1. The molecule has 18 heteroatoms. The van der Waals surface area contributed by atoms with Crippen LogP contribution < -0.4 is 27.0 Å². The molecule has 0 aliphatic heterocycles. The summed E-state index contributed by atoms with van der Waals surface area (Å²) in [6.45, 7) is 4.52. The Balaban J connectivity index is 0.962. The number of rotatable bonds is 14. The maximum absolute atomic E-state index is 13.7. The number of nitrogens with two attached hydrogens (primary N) is 1. The van der Waals surface area contributed by atoms with E-state index in [0.29, 0.717) is 0 Å².